The van der Waals surface area contributed by atoms with Gasteiger partial charge in [0.2, 0.25) is 0 Å². The zero-order valence-electron chi connectivity index (χ0n) is 11.6. The molecule has 0 unspecified atom stereocenters. The Hall–Kier alpha value is -0.860. The molecule has 18 heavy (non-hydrogen) atoms. The van der Waals surface area contributed by atoms with Crippen LogP contribution in [0.2, 0.25) is 0 Å². The van der Waals surface area contributed by atoms with Crippen LogP contribution in [0, 0.1) is 13.8 Å². The number of rotatable bonds is 4. The molecule has 1 saturated carbocycles. The molecule has 0 aliphatic heterocycles. The summed E-state index contributed by atoms with van der Waals surface area (Å²) >= 11 is 0. The van der Waals surface area contributed by atoms with Crippen LogP contribution < -0.4 is 5.32 Å². The zero-order chi connectivity index (χ0) is 13.0. The summed E-state index contributed by atoms with van der Waals surface area (Å²) < 4.78 is 0. The summed E-state index contributed by atoms with van der Waals surface area (Å²) in [6, 6.07) is 6.45. The third-order valence-corrected chi connectivity index (χ3v) is 4.48. The highest BCUT2D eigenvalue weighted by molar-refractivity contribution is 5.33. The maximum absolute atomic E-state index is 9.68. The molecule has 1 fully saturated rings. The number of aliphatic hydroxyl groups is 1. The van der Waals surface area contributed by atoms with Crippen molar-refractivity contribution < 1.29 is 5.11 Å². The van der Waals surface area contributed by atoms with E-state index in [4.69, 9.17) is 0 Å². The predicted octanol–water partition coefficient (Wildman–Crippen LogP) is 3.09. The highest BCUT2D eigenvalue weighted by Crippen LogP contribution is 2.28. The predicted molar refractivity (Wildman–Crippen MR) is 75.7 cm³/mol. The van der Waals surface area contributed by atoms with Gasteiger partial charge in [-0.25, -0.2) is 0 Å². The van der Waals surface area contributed by atoms with Gasteiger partial charge in [0.05, 0.1) is 6.61 Å². The molecule has 0 atom stereocenters. The first-order valence-corrected chi connectivity index (χ1v) is 7.08. The third-order valence-electron chi connectivity index (χ3n) is 4.48. The summed E-state index contributed by atoms with van der Waals surface area (Å²) in [7, 11) is 0. The smallest absolute Gasteiger partial charge is 0.0613 e. The first-order chi connectivity index (χ1) is 8.67. The van der Waals surface area contributed by atoms with Crippen molar-refractivity contribution in [2.45, 2.75) is 58.0 Å². The minimum absolute atomic E-state index is 0.0333. The molecule has 2 nitrogen and oxygen atoms in total. The van der Waals surface area contributed by atoms with Crippen molar-refractivity contribution in [1.29, 1.82) is 0 Å². The zero-order valence-corrected chi connectivity index (χ0v) is 11.6. The molecular formula is C16H25NO. The first kappa shape index (κ1) is 13.6. The molecule has 1 aromatic carbocycles. The monoisotopic (exact) mass is 247 g/mol. The van der Waals surface area contributed by atoms with Crippen LogP contribution in [0.15, 0.2) is 18.2 Å². The van der Waals surface area contributed by atoms with E-state index in [1.165, 1.54) is 36.0 Å². The Labute approximate surface area is 110 Å². The highest BCUT2D eigenvalue weighted by atomic mass is 16.3. The fourth-order valence-electron chi connectivity index (χ4n) is 2.91. The van der Waals surface area contributed by atoms with Crippen molar-refractivity contribution in [1.82, 2.24) is 5.32 Å². The van der Waals surface area contributed by atoms with Crippen LogP contribution in [0.5, 0.6) is 0 Å². The Morgan fingerprint density at radius 2 is 1.89 bits per heavy atom. The Bertz CT molecular complexity index is 394. The lowest BCUT2D eigenvalue weighted by Crippen LogP contribution is -2.49. The van der Waals surface area contributed by atoms with E-state index in [-0.39, 0.29) is 12.1 Å². The molecule has 2 heteroatoms. The van der Waals surface area contributed by atoms with Crippen molar-refractivity contribution in [2.24, 2.45) is 0 Å². The van der Waals surface area contributed by atoms with Gasteiger partial charge in [-0.2, -0.15) is 0 Å². The third kappa shape index (κ3) is 2.93. The fourth-order valence-corrected chi connectivity index (χ4v) is 2.91. The number of hydrogen-bond acceptors (Lipinski definition) is 2. The molecule has 0 amide bonds. The largest absolute Gasteiger partial charge is 0.394 e. The average Bonchev–Trinajstić information content (AvgIpc) is 2.41. The van der Waals surface area contributed by atoms with E-state index in [1.54, 1.807) is 0 Å². The first-order valence-electron chi connectivity index (χ1n) is 7.08. The standard InChI is InChI=1S/C16H25NO/c1-13-7-6-8-15(14(13)2)11-17-16(12-18)9-4-3-5-10-16/h6-8,17-18H,3-5,9-12H2,1-2H3. The lowest BCUT2D eigenvalue weighted by molar-refractivity contribution is 0.119. The van der Waals surface area contributed by atoms with Crippen molar-refractivity contribution >= 4 is 0 Å². The fraction of sp³-hybridized carbons (Fsp3) is 0.625. The molecule has 0 bridgehead atoms. The highest BCUT2D eigenvalue weighted by Gasteiger charge is 2.30. The SMILES string of the molecule is Cc1cccc(CNC2(CO)CCCCC2)c1C. The van der Waals surface area contributed by atoms with E-state index < -0.39 is 0 Å². The van der Waals surface area contributed by atoms with Crippen LogP contribution in [0.3, 0.4) is 0 Å². The van der Waals surface area contributed by atoms with Crippen LogP contribution in [-0.2, 0) is 6.54 Å². The molecule has 100 valence electrons. The molecule has 0 spiro atoms. The van der Waals surface area contributed by atoms with Crippen LogP contribution in [0.4, 0.5) is 0 Å². The summed E-state index contributed by atoms with van der Waals surface area (Å²) in [6.07, 6.45) is 6.00. The molecule has 0 aromatic heterocycles. The number of benzene rings is 1. The Balaban J connectivity index is 2.03. The molecule has 0 heterocycles. The molecule has 2 rings (SSSR count). The van der Waals surface area contributed by atoms with E-state index in [1.807, 2.05) is 0 Å². The number of hydrogen-bond donors (Lipinski definition) is 2. The molecular weight excluding hydrogens is 222 g/mol. The van der Waals surface area contributed by atoms with Gasteiger partial charge in [-0.15, -0.1) is 0 Å². The van der Waals surface area contributed by atoms with Gasteiger partial charge in [-0.1, -0.05) is 37.5 Å². The second-order valence-corrected chi connectivity index (χ2v) is 5.71. The molecule has 2 N–H and O–H groups in total. The molecule has 1 aliphatic rings. The van der Waals surface area contributed by atoms with Gasteiger partial charge in [-0.3, -0.25) is 0 Å². The Kier molecular flexibility index (Phi) is 4.41. The molecule has 1 aliphatic carbocycles. The minimum atomic E-state index is -0.0333. The van der Waals surface area contributed by atoms with Gasteiger partial charge in [0, 0.05) is 12.1 Å². The van der Waals surface area contributed by atoms with Crippen LogP contribution >= 0.6 is 0 Å². The van der Waals surface area contributed by atoms with E-state index in [2.05, 4.69) is 37.4 Å². The van der Waals surface area contributed by atoms with Crippen molar-refractivity contribution in [3.05, 3.63) is 34.9 Å². The normalized spacial score (nSPS) is 18.8. The maximum atomic E-state index is 9.68. The average molecular weight is 247 g/mol. The number of nitrogens with one attached hydrogen (secondary N) is 1. The van der Waals surface area contributed by atoms with Crippen molar-refractivity contribution in [3.63, 3.8) is 0 Å². The second-order valence-electron chi connectivity index (χ2n) is 5.71. The minimum Gasteiger partial charge on any atom is -0.394 e. The molecule has 0 saturated heterocycles. The maximum Gasteiger partial charge on any atom is 0.0613 e. The van der Waals surface area contributed by atoms with Crippen LogP contribution in [0.25, 0.3) is 0 Å². The topological polar surface area (TPSA) is 32.3 Å². The summed E-state index contributed by atoms with van der Waals surface area (Å²) in [6.45, 7) is 5.46. The number of aryl methyl sites for hydroxylation is 1. The van der Waals surface area contributed by atoms with Crippen molar-refractivity contribution in [3.8, 4) is 0 Å². The van der Waals surface area contributed by atoms with E-state index in [0.29, 0.717) is 0 Å². The summed E-state index contributed by atoms with van der Waals surface area (Å²) in [4.78, 5) is 0. The quantitative estimate of drug-likeness (QED) is 0.857. The second kappa shape index (κ2) is 5.85. The van der Waals surface area contributed by atoms with Gasteiger partial charge in [-0.05, 0) is 43.4 Å². The van der Waals surface area contributed by atoms with E-state index >= 15 is 0 Å². The van der Waals surface area contributed by atoms with E-state index in [9.17, 15) is 5.11 Å². The van der Waals surface area contributed by atoms with Crippen LogP contribution in [0.1, 0.15) is 48.8 Å². The number of aliphatic hydroxyl groups excluding tert-OH is 1. The summed E-state index contributed by atoms with van der Waals surface area (Å²) in [5.74, 6) is 0. The summed E-state index contributed by atoms with van der Waals surface area (Å²) in [5, 5.41) is 13.3. The summed E-state index contributed by atoms with van der Waals surface area (Å²) in [5.41, 5.74) is 4.03. The van der Waals surface area contributed by atoms with Gasteiger partial charge in [0.15, 0.2) is 0 Å². The Morgan fingerprint density at radius 3 is 2.56 bits per heavy atom. The van der Waals surface area contributed by atoms with Crippen LogP contribution in [-0.4, -0.2) is 17.3 Å². The lowest BCUT2D eigenvalue weighted by atomic mass is 9.82. The molecule has 1 aromatic rings. The van der Waals surface area contributed by atoms with Crippen molar-refractivity contribution in [2.75, 3.05) is 6.61 Å². The lowest BCUT2D eigenvalue weighted by Gasteiger charge is -2.37. The van der Waals surface area contributed by atoms with Gasteiger partial charge in [0.1, 0.15) is 0 Å². The van der Waals surface area contributed by atoms with E-state index in [0.717, 1.165) is 19.4 Å². The van der Waals surface area contributed by atoms with Gasteiger partial charge in [0.25, 0.3) is 0 Å². The molecule has 0 radical (unpaired) electrons. The Morgan fingerprint density at radius 1 is 1.17 bits per heavy atom. The van der Waals surface area contributed by atoms with Gasteiger partial charge < -0.3 is 10.4 Å². The van der Waals surface area contributed by atoms with Gasteiger partial charge >= 0.3 is 0 Å².